The number of nitrogens with one attached hydrogen (secondary N) is 1. The first kappa shape index (κ1) is 22.2. The van der Waals surface area contributed by atoms with E-state index in [9.17, 15) is 9.59 Å². The molecule has 4 nitrogen and oxygen atoms in total. The van der Waals surface area contributed by atoms with Crippen LogP contribution in [0.1, 0.15) is 71.4 Å². The van der Waals surface area contributed by atoms with Crippen molar-refractivity contribution in [1.82, 2.24) is 5.32 Å². The molecule has 0 saturated heterocycles. The highest BCUT2D eigenvalue weighted by Crippen LogP contribution is 2.45. The Labute approximate surface area is 183 Å². The van der Waals surface area contributed by atoms with Crippen molar-refractivity contribution in [3.05, 3.63) is 39.2 Å². The van der Waals surface area contributed by atoms with Crippen molar-refractivity contribution < 1.29 is 14.3 Å². The standard InChI is InChI=1S/C23H29Cl2NO3/c1-6-14-11-15(24)12-16(25)17(14)18-19(27)23(9-7-13(2)8-10-23)26-20(18)29-21(28)22(3,4)5/h11-13,26H,6-10H2,1-5H3. The fourth-order valence-electron chi connectivity index (χ4n) is 4.02. The number of ether oxygens (including phenoxy) is 1. The summed E-state index contributed by atoms with van der Waals surface area (Å²) in [6.07, 6.45) is 3.96. The number of carbonyl (C=O) groups is 2. The van der Waals surface area contributed by atoms with E-state index in [1.807, 2.05) is 13.0 Å². The topological polar surface area (TPSA) is 55.4 Å². The van der Waals surface area contributed by atoms with E-state index in [1.165, 1.54) is 0 Å². The smallest absolute Gasteiger partial charge is 0.317 e. The van der Waals surface area contributed by atoms with E-state index in [-0.39, 0.29) is 11.7 Å². The molecule has 6 heteroatoms. The van der Waals surface area contributed by atoms with Gasteiger partial charge in [0.15, 0.2) is 5.78 Å². The first-order chi connectivity index (χ1) is 13.5. The molecule has 0 amide bonds. The number of carbonyl (C=O) groups excluding carboxylic acids is 2. The van der Waals surface area contributed by atoms with Gasteiger partial charge < -0.3 is 10.1 Å². The highest BCUT2D eigenvalue weighted by molar-refractivity contribution is 6.39. The second kappa shape index (κ2) is 7.96. The molecule has 1 fully saturated rings. The number of hydrogen-bond donors (Lipinski definition) is 1. The molecule has 1 heterocycles. The van der Waals surface area contributed by atoms with Gasteiger partial charge in [0, 0.05) is 10.6 Å². The summed E-state index contributed by atoms with van der Waals surface area (Å²) in [7, 11) is 0. The Balaban J connectivity index is 2.13. The fraction of sp³-hybridized carbons (Fsp3) is 0.565. The van der Waals surface area contributed by atoms with Gasteiger partial charge in [0.25, 0.3) is 0 Å². The van der Waals surface area contributed by atoms with Crippen LogP contribution in [0.2, 0.25) is 10.0 Å². The summed E-state index contributed by atoms with van der Waals surface area (Å²) < 4.78 is 5.77. The van der Waals surface area contributed by atoms with Gasteiger partial charge in [-0.15, -0.1) is 0 Å². The number of aryl methyl sites for hydroxylation is 1. The molecule has 158 valence electrons. The van der Waals surface area contributed by atoms with Crippen LogP contribution in [0, 0.1) is 11.3 Å². The first-order valence-corrected chi connectivity index (χ1v) is 11.0. The molecule has 0 unspecified atom stereocenters. The molecule has 1 aliphatic heterocycles. The van der Waals surface area contributed by atoms with Gasteiger partial charge in [-0.25, -0.2) is 0 Å². The van der Waals surface area contributed by atoms with Gasteiger partial charge in [-0.2, -0.15) is 0 Å². The van der Waals surface area contributed by atoms with Crippen molar-refractivity contribution >= 4 is 40.5 Å². The maximum atomic E-state index is 13.7. The summed E-state index contributed by atoms with van der Waals surface area (Å²) in [5, 5.41) is 4.23. The van der Waals surface area contributed by atoms with Gasteiger partial charge in [-0.05, 0) is 76.5 Å². The zero-order valence-electron chi connectivity index (χ0n) is 17.7. The van der Waals surface area contributed by atoms with Crippen LogP contribution in [-0.4, -0.2) is 17.3 Å². The summed E-state index contributed by atoms with van der Waals surface area (Å²) in [5.74, 6) is 0.364. The molecule has 1 aliphatic carbocycles. The maximum Gasteiger partial charge on any atom is 0.317 e. The van der Waals surface area contributed by atoms with Gasteiger partial charge in [0.1, 0.15) is 5.54 Å². The van der Waals surface area contributed by atoms with E-state index in [2.05, 4.69) is 12.2 Å². The SMILES string of the molecule is CCc1cc(Cl)cc(Cl)c1C1=C(OC(=O)C(C)(C)C)NC2(CCC(C)CC2)C1=O. The molecule has 1 aromatic rings. The number of esters is 1. The third-order valence-corrected chi connectivity index (χ3v) is 6.46. The number of Topliss-reactive ketones (excluding diaryl/α,β-unsaturated/α-hetero) is 1. The van der Waals surface area contributed by atoms with Crippen LogP contribution in [-0.2, 0) is 20.7 Å². The molecule has 0 atom stereocenters. The van der Waals surface area contributed by atoms with Crippen molar-refractivity contribution in [3.63, 3.8) is 0 Å². The van der Waals surface area contributed by atoms with E-state index in [4.69, 9.17) is 27.9 Å². The number of rotatable bonds is 3. The first-order valence-electron chi connectivity index (χ1n) is 10.3. The summed E-state index contributed by atoms with van der Waals surface area (Å²) in [6, 6.07) is 3.45. The highest BCUT2D eigenvalue weighted by atomic mass is 35.5. The number of ketones is 1. The lowest BCUT2D eigenvalue weighted by molar-refractivity contribution is -0.149. The van der Waals surface area contributed by atoms with E-state index in [0.29, 0.717) is 46.4 Å². The largest absolute Gasteiger partial charge is 0.409 e. The van der Waals surface area contributed by atoms with Gasteiger partial charge in [0.2, 0.25) is 5.88 Å². The molecule has 3 rings (SSSR count). The molecular weight excluding hydrogens is 409 g/mol. The van der Waals surface area contributed by atoms with E-state index in [1.54, 1.807) is 26.8 Å². The lowest BCUT2D eigenvalue weighted by Crippen LogP contribution is -2.49. The van der Waals surface area contributed by atoms with E-state index in [0.717, 1.165) is 18.4 Å². The molecule has 1 aromatic carbocycles. The van der Waals surface area contributed by atoms with Crippen LogP contribution in [0.4, 0.5) is 0 Å². The second-order valence-electron chi connectivity index (χ2n) is 9.34. The predicted molar refractivity (Wildman–Crippen MR) is 117 cm³/mol. The van der Waals surface area contributed by atoms with Gasteiger partial charge >= 0.3 is 5.97 Å². The Morgan fingerprint density at radius 3 is 2.41 bits per heavy atom. The molecule has 0 radical (unpaired) electrons. The minimum atomic E-state index is -0.733. The fourth-order valence-corrected chi connectivity index (χ4v) is 4.65. The Morgan fingerprint density at radius 1 is 1.24 bits per heavy atom. The van der Waals surface area contributed by atoms with E-state index >= 15 is 0 Å². The number of hydrogen-bond acceptors (Lipinski definition) is 4. The minimum Gasteiger partial charge on any atom is -0.409 e. The molecule has 1 saturated carbocycles. The van der Waals surface area contributed by atoms with Gasteiger partial charge in [-0.3, -0.25) is 9.59 Å². The van der Waals surface area contributed by atoms with Crippen LogP contribution < -0.4 is 5.32 Å². The van der Waals surface area contributed by atoms with Crippen LogP contribution in [0.5, 0.6) is 0 Å². The van der Waals surface area contributed by atoms with Crippen molar-refractivity contribution in [1.29, 1.82) is 0 Å². The lowest BCUT2D eigenvalue weighted by Gasteiger charge is -2.35. The average Bonchev–Trinajstić information content (AvgIpc) is 2.88. The summed E-state index contributed by atoms with van der Waals surface area (Å²) in [4.78, 5) is 26.4. The Bertz CT molecular complexity index is 875. The number of halogens is 2. The zero-order chi connectivity index (χ0) is 21.6. The third kappa shape index (κ3) is 4.20. The van der Waals surface area contributed by atoms with Crippen molar-refractivity contribution in [3.8, 4) is 0 Å². The quantitative estimate of drug-likeness (QED) is 0.594. The molecule has 0 bridgehead atoms. The van der Waals surface area contributed by atoms with Gasteiger partial charge in [0.05, 0.1) is 16.0 Å². The van der Waals surface area contributed by atoms with Crippen LogP contribution in [0.15, 0.2) is 18.0 Å². The Morgan fingerprint density at radius 2 is 1.86 bits per heavy atom. The summed E-state index contributed by atoms with van der Waals surface area (Å²) in [6.45, 7) is 9.55. The lowest BCUT2D eigenvalue weighted by atomic mass is 9.74. The van der Waals surface area contributed by atoms with Crippen LogP contribution in [0.3, 0.4) is 0 Å². The summed E-state index contributed by atoms with van der Waals surface area (Å²) in [5.41, 5.74) is 0.414. The predicted octanol–water partition coefficient (Wildman–Crippen LogP) is 5.93. The van der Waals surface area contributed by atoms with Crippen molar-refractivity contribution in [2.75, 3.05) is 0 Å². The summed E-state index contributed by atoms with van der Waals surface area (Å²) >= 11 is 12.8. The monoisotopic (exact) mass is 437 g/mol. The zero-order valence-corrected chi connectivity index (χ0v) is 19.3. The third-order valence-electron chi connectivity index (χ3n) is 5.94. The number of benzene rings is 1. The minimum absolute atomic E-state index is 0.0416. The van der Waals surface area contributed by atoms with Crippen LogP contribution >= 0.6 is 23.2 Å². The highest BCUT2D eigenvalue weighted by Gasteiger charge is 2.50. The van der Waals surface area contributed by atoms with Crippen LogP contribution in [0.25, 0.3) is 5.57 Å². The molecule has 29 heavy (non-hydrogen) atoms. The molecular formula is C23H29Cl2NO3. The van der Waals surface area contributed by atoms with Crippen molar-refractivity contribution in [2.45, 2.75) is 72.3 Å². The van der Waals surface area contributed by atoms with E-state index < -0.39 is 16.9 Å². The molecule has 0 aromatic heterocycles. The molecule has 1 N–H and O–H groups in total. The molecule has 2 aliphatic rings. The van der Waals surface area contributed by atoms with Gasteiger partial charge in [-0.1, -0.05) is 37.0 Å². The molecule has 1 spiro atoms. The maximum absolute atomic E-state index is 13.7. The second-order valence-corrected chi connectivity index (χ2v) is 10.2. The van der Waals surface area contributed by atoms with Crippen molar-refractivity contribution in [2.24, 2.45) is 11.3 Å². The Hall–Kier alpha value is -1.52. The average molecular weight is 438 g/mol. The Kier molecular flexibility index (Phi) is 6.08. The normalized spacial score (nSPS) is 24.8.